The molecular weight excluding hydrogens is 494 g/mol. The van der Waals surface area contributed by atoms with Crippen LogP contribution in [0.2, 0.25) is 0 Å². The van der Waals surface area contributed by atoms with Crippen molar-refractivity contribution in [3.8, 4) is 22.8 Å². The highest BCUT2D eigenvalue weighted by molar-refractivity contribution is 5.97. The van der Waals surface area contributed by atoms with Crippen molar-refractivity contribution >= 4 is 17.6 Å². The van der Waals surface area contributed by atoms with Crippen LogP contribution in [0.25, 0.3) is 11.3 Å². The summed E-state index contributed by atoms with van der Waals surface area (Å²) < 4.78 is 10.6. The summed E-state index contributed by atoms with van der Waals surface area (Å²) in [5.74, 6) is 2.24. The summed E-state index contributed by atoms with van der Waals surface area (Å²) in [4.78, 5) is 32.3. The minimum absolute atomic E-state index is 0.0475. The summed E-state index contributed by atoms with van der Waals surface area (Å²) >= 11 is 0. The van der Waals surface area contributed by atoms with Crippen LogP contribution in [0.15, 0.2) is 60.7 Å². The first-order chi connectivity index (χ1) is 18.9. The van der Waals surface area contributed by atoms with Crippen molar-refractivity contribution in [2.24, 2.45) is 5.92 Å². The summed E-state index contributed by atoms with van der Waals surface area (Å²) in [5, 5.41) is 8.84. The Morgan fingerprint density at radius 2 is 1.62 bits per heavy atom. The van der Waals surface area contributed by atoms with Gasteiger partial charge in [-0.05, 0) is 48.4 Å². The van der Waals surface area contributed by atoms with E-state index in [1.54, 1.807) is 43.4 Å². The van der Waals surface area contributed by atoms with Crippen LogP contribution in [0.4, 0.5) is 5.82 Å². The zero-order valence-electron chi connectivity index (χ0n) is 23.2. The van der Waals surface area contributed by atoms with Crippen molar-refractivity contribution < 1.29 is 19.1 Å². The molecule has 206 valence electrons. The normalized spacial score (nSPS) is 14.1. The second kappa shape index (κ2) is 13.1. The highest BCUT2D eigenvalue weighted by Crippen LogP contribution is 2.23. The lowest BCUT2D eigenvalue weighted by Gasteiger charge is -2.36. The maximum atomic E-state index is 13.4. The predicted octanol–water partition coefficient (Wildman–Crippen LogP) is 4.00. The molecule has 2 aromatic carbocycles. The first-order valence-corrected chi connectivity index (χ1v) is 13.4. The van der Waals surface area contributed by atoms with Gasteiger partial charge >= 0.3 is 0 Å². The molecule has 1 atom stereocenters. The number of hydrogen-bond donors (Lipinski definition) is 0. The molecule has 9 nitrogen and oxygen atoms in total. The van der Waals surface area contributed by atoms with Gasteiger partial charge in [0.2, 0.25) is 5.91 Å². The number of hydrogen-bond acceptors (Lipinski definition) is 7. The molecule has 0 radical (unpaired) electrons. The largest absolute Gasteiger partial charge is 0.497 e. The first kappa shape index (κ1) is 27.9. The number of nitrogens with zero attached hydrogens (tertiary/aromatic N) is 5. The summed E-state index contributed by atoms with van der Waals surface area (Å²) in [6, 6.07) is 18.7. The maximum absolute atomic E-state index is 13.4. The zero-order valence-corrected chi connectivity index (χ0v) is 23.2. The third-order valence-electron chi connectivity index (χ3n) is 7.13. The second-order valence-electron chi connectivity index (χ2n) is 9.81. The average molecular weight is 532 g/mol. The third-order valence-corrected chi connectivity index (χ3v) is 7.13. The van der Waals surface area contributed by atoms with E-state index in [0.717, 1.165) is 29.2 Å². The maximum Gasteiger partial charge on any atom is 0.254 e. The van der Waals surface area contributed by atoms with E-state index in [1.807, 2.05) is 41.3 Å². The first-order valence-electron chi connectivity index (χ1n) is 13.4. The Labute approximate surface area is 230 Å². The number of carbonyl (C=O) groups is 2. The molecule has 0 aliphatic carbocycles. The van der Waals surface area contributed by atoms with E-state index in [0.29, 0.717) is 44.0 Å². The molecule has 1 aromatic heterocycles. The van der Waals surface area contributed by atoms with Crippen LogP contribution < -0.4 is 14.4 Å². The van der Waals surface area contributed by atoms with Gasteiger partial charge in [0.15, 0.2) is 5.82 Å². The van der Waals surface area contributed by atoms with Gasteiger partial charge in [-0.1, -0.05) is 38.5 Å². The van der Waals surface area contributed by atoms with Crippen molar-refractivity contribution in [2.75, 3.05) is 58.4 Å². The molecule has 39 heavy (non-hydrogen) atoms. The van der Waals surface area contributed by atoms with Gasteiger partial charge in [-0.15, -0.1) is 10.2 Å². The number of amides is 2. The van der Waals surface area contributed by atoms with E-state index >= 15 is 0 Å². The summed E-state index contributed by atoms with van der Waals surface area (Å²) in [6.45, 7) is 7.16. The number of aromatic nitrogens is 2. The minimum Gasteiger partial charge on any atom is -0.497 e. The summed E-state index contributed by atoms with van der Waals surface area (Å²) in [6.07, 6.45) is 0.923. The minimum atomic E-state index is -0.160. The van der Waals surface area contributed by atoms with Crippen LogP contribution in [0.3, 0.4) is 0 Å². The fourth-order valence-electron chi connectivity index (χ4n) is 4.54. The van der Waals surface area contributed by atoms with Gasteiger partial charge in [0.1, 0.15) is 18.0 Å². The van der Waals surface area contributed by atoms with Crippen molar-refractivity contribution in [2.45, 2.75) is 20.3 Å². The van der Waals surface area contributed by atoms with Gasteiger partial charge in [0.05, 0.1) is 19.9 Å². The Hall–Kier alpha value is -4.14. The van der Waals surface area contributed by atoms with Crippen molar-refractivity contribution in [3.63, 3.8) is 0 Å². The summed E-state index contributed by atoms with van der Waals surface area (Å²) in [7, 11) is 3.21. The molecular formula is C30H37N5O4. The molecule has 4 rings (SSSR count). The Morgan fingerprint density at radius 3 is 2.26 bits per heavy atom. The Morgan fingerprint density at radius 1 is 0.923 bits per heavy atom. The molecule has 1 saturated heterocycles. The topological polar surface area (TPSA) is 88.1 Å². The molecule has 0 bridgehead atoms. The number of ether oxygens (including phenoxy) is 2. The van der Waals surface area contributed by atoms with Crippen molar-refractivity contribution in [3.05, 3.63) is 66.2 Å². The molecule has 0 N–H and O–H groups in total. The molecule has 0 unspecified atom stereocenters. The molecule has 1 aliphatic rings. The fraction of sp³-hybridized carbons (Fsp3) is 0.400. The van der Waals surface area contributed by atoms with E-state index in [4.69, 9.17) is 9.47 Å². The summed E-state index contributed by atoms with van der Waals surface area (Å²) in [5.41, 5.74) is 2.23. The van der Waals surface area contributed by atoms with Gasteiger partial charge in [-0.2, -0.15) is 0 Å². The van der Waals surface area contributed by atoms with Crippen LogP contribution in [0, 0.1) is 5.92 Å². The predicted molar refractivity (Wildman–Crippen MR) is 151 cm³/mol. The zero-order chi connectivity index (χ0) is 27.8. The van der Waals surface area contributed by atoms with Gasteiger partial charge in [0, 0.05) is 43.9 Å². The van der Waals surface area contributed by atoms with Gasteiger partial charge < -0.3 is 24.2 Å². The lowest BCUT2D eigenvalue weighted by molar-refractivity contribution is -0.132. The van der Waals surface area contributed by atoms with Crippen LogP contribution in [0.1, 0.15) is 30.6 Å². The van der Waals surface area contributed by atoms with E-state index < -0.39 is 0 Å². The van der Waals surface area contributed by atoms with Gasteiger partial charge in [-0.3, -0.25) is 9.59 Å². The molecule has 9 heteroatoms. The van der Waals surface area contributed by atoms with Crippen molar-refractivity contribution in [1.82, 2.24) is 20.0 Å². The quantitative estimate of drug-likeness (QED) is 0.391. The lowest BCUT2D eigenvalue weighted by atomic mass is 10.1. The molecule has 1 fully saturated rings. The van der Waals surface area contributed by atoms with E-state index in [1.165, 1.54) is 0 Å². The SMILES string of the molecule is CC[C@@H](C)CN(CC(=O)N1CCN(c2ccc(-c3cccc(OC)c3)nn2)CC1)C(=O)c1cccc(OC)c1. The van der Waals surface area contributed by atoms with Gasteiger partial charge in [-0.25, -0.2) is 0 Å². The fourth-order valence-corrected chi connectivity index (χ4v) is 4.54. The third kappa shape index (κ3) is 7.04. The number of benzene rings is 2. The second-order valence-corrected chi connectivity index (χ2v) is 9.81. The standard InChI is InChI=1S/C30H37N5O4/c1-5-22(2)20-35(30(37)24-9-7-11-26(19-24)39-4)21-29(36)34-16-14-33(15-17-34)28-13-12-27(31-32-28)23-8-6-10-25(18-23)38-3/h6-13,18-19,22H,5,14-17,20-21H2,1-4H3/t22-/m1/s1. The van der Waals surface area contributed by atoms with Crippen LogP contribution in [-0.4, -0.2) is 85.3 Å². The molecule has 1 aliphatic heterocycles. The van der Waals surface area contributed by atoms with Crippen LogP contribution in [0.5, 0.6) is 11.5 Å². The average Bonchev–Trinajstić information content (AvgIpc) is 3.00. The number of carbonyl (C=O) groups excluding carboxylic acids is 2. The molecule has 0 saturated carbocycles. The number of rotatable bonds is 10. The Balaban J connectivity index is 1.37. The number of piperazine rings is 1. The highest BCUT2D eigenvalue weighted by Gasteiger charge is 2.27. The van der Waals surface area contributed by atoms with Crippen LogP contribution >= 0.6 is 0 Å². The van der Waals surface area contributed by atoms with Gasteiger partial charge in [0.25, 0.3) is 5.91 Å². The molecule has 2 amide bonds. The number of anilines is 1. The Kier molecular flexibility index (Phi) is 9.35. The van der Waals surface area contributed by atoms with Crippen molar-refractivity contribution in [1.29, 1.82) is 0 Å². The smallest absolute Gasteiger partial charge is 0.254 e. The van der Waals surface area contributed by atoms with Crippen LogP contribution in [-0.2, 0) is 4.79 Å². The Bertz CT molecular complexity index is 1260. The lowest BCUT2D eigenvalue weighted by Crippen LogP contribution is -2.52. The van der Waals surface area contributed by atoms with E-state index in [-0.39, 0.29) is 24.3 Å². The molecule has 3 aromatic rings. The van der Waals surface area contributed by atoms with E-state index in [9.17, 15) is 9.59 Å². The van der Waals surface area contributed by atoms with E-state index in [2.05, 4.69) is 28.9 Å². The molecule has 2 heterocycles. The highest BCUT2D eigenvalue weighted by atomic mass is 16.5. The monoisotopic (exact) mass is 531 g/mol. The molecule has 0 spiro atoms. The number of methoxy groups -OCH3 is 2.